The molecule has 1 aliphatic rings. The van der Waals surface area contributed by atoms with Crippen molar-refractivity contribution in [2.75, 3.05) is 0 Å². The van der Waals surface area contributed by atoms with E-state index in [1.165, 1.54) is 83.5 Å². The van der Waals surface area contributed by atoms with Crippen molar-refractivity contribution in [3.63, 3.8) is 0 Å². The van der Waals surface area contributed by atoms with Crippen molar-refractivity contribution in [1.29, 1.82) is 0 Å². The summed E-state index contributed by atoms with van der Waals surface area (Å²) in [4.78, 5) is 0. The largest absolute Gasteiger partial charge is 0.0845 e. The van der Waals surface area contributed by atoms with Crippen LogP contribution in [0.2, 0.25) is 0 Å². The standard InChI is InChI=1S/C30H43/c1-2-4-6-8-10-12-14-16-18-20-22-24-26-28-30-29-27-25-23-21-19-17-15-13-11-9-7-5-3-1/h1-15H,16,18-30H2/b2-1+,5-3+,6-4+,9-7-,10-8+,13-11+,14-12-,17-15?. The van der Waals surface area contributed by atoms with E-state index in [1.807, 2.05) is 42.5 Å². The van der Waals surface area contributed by atoms with Gasteiger partial charge < -0.3 is 0 Å². The molecular weight excluding hydrogens is 360 g/mol. The summed E-state index contributed by atoms with van der Waals surface area (Å²) in [6.45, 7) is 0. The van der Waals surface area contributed by atoms with Crippen LogP contribution in [0.4, 0.5) is 0 Å². The Kier molecular flexibility index (Phi) is 20.1. The predicted molar refractivity (Wildman–Crippen MR) is 136 cm³/mol. The molecule has 0 aliphatic heterocycles. The van der Waals surface area contributed by atoms with E-state index >= 15 is 0 Å². The van der Waals surface area contributed by atoms with Gasteiger partial charge in [-0.15, -0.1) is 0 Å². The van der Waals surface area contributed by atoms with Crippen LogP contribution < -0.4 is 0 Å². The van der Waals surface area contributed by atoms with Gasteiger partial charge in [0.25, 0.3) is 0 Å². The van der Waals surface area contributed by atoms with Gasteiger partial charge in [-0.2, -0.15) is 0 Å². The van der Waals surface area contributed by atoms with Crippen LogP contribution in [0.5, 0.6) is 0 Å². The predicted octanol–water partition coefficient (Wildman–Crippen LogP) is 9.71. The van der Waals surface area contributed by atoms with E-state index in [9.17, 15) is 0 Å². The molecule has 0 saturated carbocycles. The van der Waals surface area contributed by atoms with Crippen molar-refractivity contribution in [3.8, 4) is 0 Å². The second kappa shape index (κ2) is 23.2. The second-order valence-corrected chi connectivity index (χ2v) is 7.89. The topological polar surface area (TPSA) is 0 Å². The van der Waals surface area contributed by atoms with Crippen LogP contribution in [-0.2, 0) is 0 Å². The first-order valence-corrected chi connectivity index (χ1v) is 12.2. The highest BCUT2D eigenvalue weighted by Crippen LogP contribution is 2.13. The molecule has 0 heteroatoms. The number of hydrogen-bond acceptors (Lipinski definition) is 0. The van der Waals surface area contributed by atoms with Crippen molar-refractivity contribution in [1.82, 2.24) is 0 Å². The zero-order valence-electron chi connectivity index (χ0n) is 19.1. The summed E-state index contributed by atoms with van der Waals surface area (Å²) in [5.74, 6) is 0. The average Bonchev–Trinajstić information content (AvgIpc) is 2.76. The molecule has 0 saturated heterocycles. The first kappa shape index (κ1) is 26.0. The molecule has 0 bridgehead atoms. The molecule has 163 valence electrons. The van der Waals surface area contributed by atoms with Crippen molar-refractivity contribution in [2.45, 2.75) is 89.9 Å². The van der Waals surface area contributed by atoms with Crippen LogP contribution in [0.25, 0.3) is 0 Å². The summed E-state index contributed by atoms with van der Waals surface area (Å²) in [6, 6.07) is 0. The molecule has 0 N–H and O–H groups in total. The molecule has 0 nitrogen and oxygen atoms in total. The van der Waals surface area contributed by atoms with Gasteiger partial charge in [0.1, 0.15) is 0 Å². The van der Waals surface area contributed by atoms with Gasteiger partial charge in [0, 0.05) is 0 Å². The SMILES string of the molecule is [C]1=C/C=C/C=C\C=C\C=C\C=C\C=C\C=C/CCCCCCCCCCCCCC/1. The van der Waals surface area contributed by atoms with E-state index in [0.29, 0.717) is 0 Å². The Bertz CT molecular complexity index is 536. The summed E-state index contributed by atoms with van der Waals surface area (Å²) in [5, 5.41) is 0. The fourth-order valence-corrected chi connectivity index (χ4v) is 3.34. The van der Waals surface area contributed by atoms with E-state index in [1.54, 1.807) is 0 Å². The Morgan fingerprint density at radius 3 is 1.20 bits per heavy atom. The first-order chi connectivity index (χ1) is 15.0. The molecule has 0 fully saturated rings. The van der Waals surface area contributed by atoms with Crippen molar-refractivity contribution in [2.24, 2.45) is 0 Å². The fraction of sp³-hybridized carbons (Fsp3) is 0.467. The van der Waals surface area contributed by atoms with E-state index in [-0.39, 0.29) is 0 Å². The van der Waals surface area contributed by atoms with Gasteiger partial charge in [0.2, 0.25) is 0 Å². The van der Waals surface area contributed by atoms with Crippen molar-refractivity contribution < 1.29 is 0 Å². The van der Waals surface area contributed by atoms with Gasteiger partial charge in [-0.25, -0.2) is 0 Å². The third-order valence-electron chi connectivity index (χ3n) is 5.13. The van der Waals surface area contributed by atoms with Crippen LogP contribution in [0.3, 0.4) is 0 Å². The quantitative estimate of drug-likeness (QED) is 0.377. The molecule has 0 unspecified atom stereocenters. The monoisotopic (exact) mass is 403 g/mol. The summed E-state index contributed by atoms with van der Waals surface area (Å²) >= 11 is 0. The normalized spacial score (nSPS) is 28.3. The smallest absolute Gasteiger partial charge is 0.0276 e. The second-order valence-electron chi connectivity index (χ2n) is 7.89. The van der Waals surface area contributed by atoms with Crippen LogP contribution in [-0.4, -0.2) is 0 Å². The van der Waals surface area contributed by atoms with Crippen LogP contribution >= 0.6 is 0 Å². The Balaban J connectivity index is 2.33. The molecule has 0 aromatic rings. The summed E-state index contributed by atoms with van der Waals surface area (Å²) in [6.07, 6.45) is 53.5. The van der Waals surface area contributed by atoms with Gasteiger partial charge in [0.15, 0.2) is 0 Å². The Hall–Kier alpha value is -2.08. The van der Waals surface area contributed by atoms with Crippen LogP contribution in [0.1, 0.15) is 89.9 Å². The zero-order valence-corrected chi connectivity index (χ0v) is 19.1. The lowest BCUT2D eigenvalue weighted by molar-refractivity contribution is 0.541. The highest BCUT2D eigenvalue weighted by molar-refractivity contribution is 5.21. The molecule has 1 rings (SSSR count). The number of allylic oxidation sites excluding steroid dienone is 16. The third-order valence-corrected chi connectivity index (χ3v) is 5.13. The molecular formula is C30H43. The number of hydrogen-bond donors (Lipinski definition) is 0. The van der Waals surface area contributed by atoms with Crippen molar-refractivity contribution in [3.05, 3.63) is 97.2 Å². The minimum atomic E-state index is 1.08. The third kappa shape index (κ3) is 20.6. The molecule has 0 atom stereocenters. The molecule has 0 spiro atoms. The highest BCUT2D eigenvalue weighted by atomic mass is 14.0. The van der Waals surface area contributed by atoms with Gasteiger partial charge in [-0.1, -0.05) is 155 Å². The van der Waals surface area contributed by atoms with Crippen molar-refractivity contribution >= 4 is 0 Å². The van der Waals surface area contributed by atoms with E-state index < -0.39 is 0 Å². The maximum atomic E-state index is 3.37. The molecule has 0 heterocycles. The minimum absolute atomic E-state index is 1.08. The van der Waals surface area contributed by atoms with Gasteiger partial charge in [-0.05, 0) is 31.8 Å². The number of rotatable bonds is 0. The van der Waals surface area contributed by atoms with Crippen LogP contribution in [0.15, 0.2) is 91.1 Å². The maximum Gasteiger partial charge on any atom is -0.0276 e. The lowest BCUT2D eigenvalue weighted by Gasteiger charge is -2.02. The van der Waals surface area contributed by atoms with Gasteiger partial charge >= 0.3 is 0 Å². The van der Waals surface area contributed by atoms with Gasteiger partial charge in [-0.3, -0.25) is 0 Å². The van der Waals surface area contributed by atoms with Crippen LogP contribution in [0, 0.1) is 6.08 Å². The zero-order chi connectivity index (χ0) is 21.2. The van der Waals surface area contributed by atoms with E-state index in [0.717, 1.165) is 6.42 Å². The van der Waals surface area contributed by atoms with Gasteiger partial charge in [0.05, 0.1) is 0 Å². The molecule has 1 radical (unpaired) electrons. The molecule has 0 aromatic heterocycles. The Labute approximate surface area is 187 Å². The minimum Gasteiger partial charge on any atom is -0.0845 e. The summed E-state index contributed by atoms with van der Waals surface area (Å²) < 4.78 is 0. The summed E-state index contributed by atoms with van der Waals surface area (Å²) in [7, 11) is 0. The Morgan fingerprint density at radius 2 is 0.700 bits per heavy atom. The Morgan fingerprint density at radius 1 is 0.333 bits per heavy atom. The lowest BCUT2D eigenvalue weighted by atomic mass is 10.0. The van der Waals surface area contributed by atoms with E-state index in [2.05, 4.69) is 54.7 Å². The highest BCUT2D eigenvalue weighted by Gasteiger charge is 1.93. The molecule has 0 amide bonds. The summed E-state index contributed by atoms with van der Waals surface area (Å²) in [5.41, 5.74) is 0. The van der Waals surface area contributed by atoms with E-state index in [4.69, 9.17) is 0 Å². The lowest BCUT2D eigenvalue weighted by Crippen LogP contribution is -1.83. The average molecular weight is 404 g/mol. The molecule has 0 aromatic carbocycles. The fourth-order valence-electron chi connectivity index (χ4n) is 3.34. The first-order valence-electron chi connectivity index (χ1n) is 12.2. The maximum absolute atomic E-state index is 3.37. The molecule has 30 heavy (non-hydrogen) atoms. The molecule has 1 aliphatic carbocycles.